The lowest BCUT2D eigenvalue weighted by atomic mass is 10.2. The predicted octanol–water partition coefficient (Wildman–Crippen LogP) is 4.30. The summed E-state index contributed by atoms with van der Waals surface area (Å²) in [6, 6.07) is 17.4. The van der Waals surface area contributed by atoms with Gasteiger partial charge in [-0.2, -0.15) is 0 Å². The molecule has 0 aliphatic carbocycles. The Hall–Kier alpha value is -2.86. The molecule has 0 fully saturated rings. The van der Waals surface area contributed by atoms with Gasteiger partial charge in [0.1, 0.15) is 11.2 Å². The van der Waals surface area contributed by atoms with E-state index in [-0.39, 0.29) is 0 Å². The molecule has 0 spiro atoms. The van der Waals surface area contributed by atoms with Crippen molar-refractivity contribution < 1.29 is 4.74 Å². The molecule has 0 aliphatic rings. The summed E-state index contributed by atoms with van der Waals surface area (Å²) in [6.45, 7) is 4.02. The van der Waals surface area contributed by atoms with Crippen molar-refractivity contribution in [2.45, 2.75) is 13.8 Å². The first-order valence-electron chi connectivity index (χ1n) is 7.86. The van der Waals surface area contributed by atoms with Crippen molar-refractivity contribution in [2.24, 2.45) is 4.99 Å². The highest BCUT2D eigenvalue weighted by atomic mass is 32.1. The number of benzene rings is 2. The normalized spacial score (nSPS) is 11.4. The molecule has 2 aromatic carbocycles. The van der Waals surface area contributed by atoms with Crippen LogP contribution in [0.3, 0.4) is 0 Å². The second-order valence-electron chi connectivity index (χ2n) is 5.65. The molecule has 0 atom stereocenters. The van der Waals surface area contributed by atoms with E-state index in [1.165, 1.54) is 17.1 Å². The molecule has 0 amide bonds. The Morgan fingerprint density at radius 2 is 1.88 bits per heavy atom. The Morgan fingerprint density at radius 3 is 2.52 bits per heavy atom. The highest BCUT2D eigenvalue weighted by Crippen LogP contribution is 2.19. The Morgan fingerprint density at radius 1 is 1.12 bits per heavy atom. The van der Waals surface area contributed by atoms with Crippen LogP contribution < -0.4 is 15.5 Å². The Labute approximate surface area is 150 Å². The topological polar surface area (TPSA) is 62.4 Å². The smallest absolute Gasteiger partial charge is 0.223 e. The maximum Gasteiger partial charge on any atom is 0.223 e. The fraction of sp³-hybridized carbons (Fsp3) is 0.158. The molecule has 0 bridgehead atoms. The summed E-state index contributed by atoms with van der Waals surface area (Å²) in [7, 11) is 1.64. The summed E-state index contributed by atoms with van der Waals surface area (Å²) in [5.41, 5.74) is 3.25. The van der Waals surface area contributed by atoms with Gasteiger partial charge < -0.3 is 10.1 Å². The molecule has 2 N–H and O–H groups in total. The number of aromatic nitrogens is 1. The summed E-state index contributed by atoms with van der Waals surface area (Å²) < 4.78 is 7.05. The molecule has 0 saturated carbocycles. The van der Waals surface area contributed by atoms with E-state index in [0.717, 1.165) is 22.0 Å². The van der Waals surface area contributed by atoms with E-state index < -0.39 is 0 Å². The van der Waals surface area contributed by atoms with Crippen LogP contribution in [0.4, 0.5) is 11.4 Å². The standard InChI is InChI=1S/C19H20N4OS/c1-13-7-9-15(10-8-13)21-19(23-18(20)11-14(2)25-23)22-16-5-4-6-17(12-16)24-3/h4-12,20H,1-3H3,(H,21,22). The van der Waals surface area contributed by atoms with Crippen LogP contribution in [0.15, 0.2) is 59.6 Å². The lowest BCUT2D eigenvalue weighted by Crippen LogP contribution is -2.28. The monoisotopic (exact) mass is 352 g/mol. The zero-order chi connectivity index (χ0) is 17.8. The minimum absolute atomic E-state index is 0.392. The number of ether oxygens (including phenoxy) is 1. The third kappa shape index (κ3) is 4.16. The third-order valence-electron chi connectivity index (χ3n) is 3.58. The molecule has 1 heterocycles. The number of anilines is 1. The summed E-state index contributed by atoms with van der Waals surface area (Å²) in [5, 5.41) is 11.5. The van der Waals surface area contributed by atoms with Gasteiger partial charge in [0.25, 0.3) is 0 Å². The quantitative estimate of drug-likeness (QED) is 0.545. The number of hydrogen-bond acceptors (Lipinski definition) is 4. The Balaban J connectivity index is 2.03. The second kappa shape index (κ2) is 7.36. The molecular weight excluding hydrogens is 332 g/mol. The molecule has 0 saturated heterocycles. The maximum absolute atomic E-state index is 8.19. The summed E-state index contributed by atoms with van der Waals surface area (Å²) >= 11 is 1.48. The van der Waals surface area contributed by atoms with Crippen molar-refractivity contribution in [3.63, 3.8) is 0 Å². The predicted molar refractivity (Wildman–Crippen MR) is 103 cm³/mol. The van der Waals surface area contributed by atoms with E-state index in [2.05, 4.69) is 5.32 Å². The molecule has 3 aromatic rings. The third-order valence-corrected chi connectivity index (χ3v) is 4.54. The summed E-state index contributed by atoms with van der Waals surface area (Å²) in [5.74, 6) is 1.35. The van der Waals surface area contributed by atoms with Crippen LogP contribution in [0.2, 0.25) is 0 Å². The van der Waals surface area contributed by atoms with Gasteiger partial charge in [-0.25, -0.2) is 8.95 Å². The van der Waals surface area contributed by atoms with Crippen molar-refractivity contribution in [3.8, 4) is 5.75 Å². The van der Waals surface area contributed by atoms with Crippen molar-refractivity contribution >= 4 is 28.9 Å². The highest BCUT2D eigenvalue weighted by molar-refractivity contribution is 7.07. The molecule has 6 heteroatoms. The number of aliphatic imine (C=N–C) groups is 1. The van der Waals surface area contributed by atoms with Crippen molar-refractivity contribution in [3.05, 3.63) is 70.5 Å². The Bertz CT molecular complexity index is 954. The number of nitrogens with zero attached hydrogens (tertiary/aromatic N) is 2. The first kappa shape index (κ1) is 17.0. The zero-order valence-corrected chi connectivity index (χ0v) is 15.2. The van der Waals surface area contributed by atoms with E-state index in [0.29, 0.717) is 11.4 Å². The molecule has 0 unspecified atom stereocenters. The van der Waals surface area contributed by atoms with Crippen LogP contribution in [-0.4, -0.2) is 17.0 Å². The fourth-order valence-electron chi connectivity index (χ4n) is 2.32. The number of rotatable bonds is 3. The second-order valence-corrected chi connectivity index (χ2v) is 6.85. The molecule has 3 rings (SSSR count). The minimum atomic E-state index is 0.392. The van der Waals surface area contributed by atoms with E-state index in [9.17, 15) is 0 Å². The van der Waals surface area contributed by atoms with Gasteiger partial charge in [-0.05, 0) is 44.2 Å². The van der Waals surface area contributed by atoms with Crippen LogP contribution in [-0.2, 0) is 0 Å². The van der Waals surface area contributed by atoms with Gasteiger partial charge in [-0.1, -0.05) is 35.3 Å². The largest absolute Gasteiger partial charge is 0.497 e. The molecule has 1 aromatic heterocycles. The van der Waals surface area contributed by atoms with Gasteiger partial charge in [0.05, 0.1) is 12.8 Å². The van der Waals surface area contributed by atoms with Gasteiger partial charge in [0.15, 0.2) is 0 Å². The average Bonchev–Trinajstić information content (AvgIpc) is 2.95. The molecular formula is C19H20N4OS. The summed E-state index contributed by atoms with van der Waals surface area (Å²) in [6.07, 6.45) is 0. The number of nitrogens with one attached hydrogen (secondary N) is 2. The molecule has 25 heavy (non-hydrogen) atoms. The van der Waals surface area contributed by atoms with Crippen LogP contribution >= 0.6 is 11.5 Å². The van der Waals surface area contributed by atoms with Gasteiger partial charge in [0, 0.05) is 16.6 Å². The van der Waals surface area contributed by atoms with E-state index in [1.54, 1.807) is 11.1 Å². The minimum Gasteiger partial charge on any atom is -0.497 e. The van der Waals surface area contributed by atoms with Gasteiger partial charge in [-0.15, -0.1) is 0 Å². The highest BCUT2D eigenvalue weighted by Gasteiger charge is 2.08. The number of methoxy groups -OCH3 is 1. The summed E-state index contributed by atoms with van der Waals surface area (Å²) in [4.78, 5) is 5.76. The number of aryl methyl sites for hydroxylation is 2. The van der Waals surface area contributed by atoms with Crippen molar-refractivity contribution in [2.75, 3.05) is 12.4 Å². The van der Waals surface area contributed by atoms with Gasteiger partial charge in [0.2, 0.25) is 5.96 Å². The first-order chi connectivity index (χ1) is 12.0. The van der Waals surface area contributed by atoms with Crippen LogP contribution in [0.5, 0.6) is 5.75 Å². The maximum atomic E-state index is 8.19. The van der Waals surface area contributed by atoms with E-state index in [1.807, 2.05) is 68.4 Å². The molecule has 0 radical (unpaired) electrons. The van der Waals surface area contributed by atoms with Crippen LogP contribution in [0.1, 0.15) is 10.4 Å². The Kier molecular flexibility index (Phi) is 5.00. The van der Waals surface area contributed by atoms with E-state index in [4.69, 9.17) is 15.1 Å². The van der Waals surface area contributed by atoms with Crippen LogP contribution in [0, 0.1) is 19.3 Å². The number of hydrogen-bond donors (Lipinski definition) is 2. The van der Waals surface area contributed by atoms with E-state index >= 15 is 0 Å². The average molecular weight is 352 g/mol. The lowest BCUT2D eigenvalue weighted by Gasteiger charge is -2.11. The molecule has 5 nitrogen and oxygen atoms in total. The van der Waals surface area contributed by atoms with Gasteiger partial charge in [-0.3, -0.25) is 5.41 Å². The van der Waals surface area contributed by atoms with Crippen LogP contribution in [0.25, 0.3) is 0 Å². The first-order valence-corrected chi connectivity index (χ1v) is 8.64. The zero-order valence-electron chi connectivity index (χ0n) is 14.4. The SMILES string of the molecule is COc1cccc(NC(=Nc2ccc(C)cc2)n2sc(C)cc2=N)c1. The van der Waals surface area contributed by atoms with Crippen molar-refractivity contribution in [1.29, 1.82) is 5.41 Å². The molecule has 0 aliphatic heterocycles. The van der Waals surface area contributed by atoms with Gasteiger partial charge >= 0.3 is 0 Å². The fourth-order valence-corrected chi connectivity index (χ4v) is 3.10. The lowest BCUT2D eigenvalue weighted by molar-refractivity contribution is 0.415. The molecule has 128 valence electrons. The van der Waals surface area contributed by atoms with Crippen molar-refractivity contribution in [1.82, 2.24) is 3.96 Å².